The number of carbonyl (C=O) groups is 1. The van der Waals surface area contributed by atoms with Crippen molar-refractivity contribution < 1.29 is 13.2 Å². The normalized spacial score (nSPS) is 15.7. The Labute approximate surface area is 416 Å². The lowest BCUT2D eigenvalue weighted by molar-refractivity contribution is 0.103. The summed E-state index contributed by atoms with van der Waals surface area (Å²) in [5.74, 6) is -0.287. The fourth-order valence-corrected chi connectivity index (χ4v) is 14.6. The van der Waals surface area contributed by atoms with Crippen LogP contribution in [-0.2, 0) is 20.7 Å². The maximum atomic E-state index is 14.4. The first kappa shape index (κ1) is 41.9. The van der Waals surface area contributed by atoms with Gasteiger partial charge in [-0.2, -0.15) is 0 Å². The predicted octanol–water partition coefficient (Wildman–Crippen LogP) is 16.3. The summed E-state index contributed by atoms with van der Waals surface area (Å²) in [7, 11) is -4.00. The molecule has 71 heavy (non-hydrogen) atoms. The second-order valence-electron chi connectivity index (χ2n) is 20.1. The minimum absolute atomic E-state index is 0.0297. The summed E-state index contributed by atoms with van der Waals surface area (Å²) in [5.41, 5.74) is 16.2. The van der Waals surface area contributed by atoms with Crippen molar-refractivity contribution in [1.29, 1.82) is 0 Å². The second-order valence-corrected chi connectivity index (χ2v) is 22.9. The van der Waals surface area contributed by atoms with Gasteiger partial charge in [-0.15, -0.1) is 11.3 Å². The van der Waals surface area contributed by atoms with Crippen LogP contribution in [0, 0.1) is 0 Å². The molecule has 11 aromatic rings. The molecule has 0 N–H and O–H groups in total. The van der Waals surface area contributed by atoms with Gasteiger partial charge in [0.25, 0.3) is 0 Å². The standard InChI is InChI=1S/C63H45N3O3S2/c1-62(2)47-16-6-10-20-53(47)64(54-21-11-7-17-48(54)62)39-26-30-51-45(36-39)46-37-40(65-55-22-12-8-18-49(55)63(3,4)50-19-9-13-23-56(50)65)27-31-52(46)66(51)60-41(29-32-57-42(60)33-34-70-57)38-25-28-44-59(35-38)71(68,69)58-24-14-5-15-43(58)61(44)67/h5-37H,1-4H3. The highest BCUT2D eigenvalue weighted by Crippen LogP contribution is 2.55. The molecule has 9 aromatic carbocycles. The molecule has 0 saturated heterocycles. The monoisotopic (exact) mass is 955 g/mol. The average molecular weight is 956 g/mol. The Morgan fingerprint density at radius 2 is 0.901 bits per heavy atom. The van der Waals surface area contributed by atoms with E-state index in [2.05, 4.69) is 199 Å². The Morgan fingerprint density at radius 1 is 0.437 bits per heavy atom. The van der Waals surface area contributed by atoms with E-state index in [1.54, 1.807) is 41.7 Å². The molecule has 0 spiro atoms. The molecule has 0 aliphatic carbocycles. The van der Waals surface area contributed by atoms with Gasteiger partial charge in [0, 0.05) is 59.8 Å². The minimum Gasteiger partial charge on any atom is -0.310 e. The minimum atomic E-state index is -4.00. The van der Waals surface area contributed by atoms with Gasteiger partial charge in [0.15, 0.2) is 5.78 Å². The Hall–Kier alpha value is -8.04. The lowest BCUT2D eigenvalue weighted by Gasteiger charge is -2.42. The summed E-state index contributed by atoms with van der Waals surface area (Å²) in [6.45, 7) is 9.26. The molecule has 0 bridgehead atoms. The van der Waals surface area contributed by atoms with Crippen molar-refractivity contribution in [3.8, 4) is 16.8 Å². The maximum Gasteiger partial charge on any atom is 0.208 e. The Morgan fingerprint density at radius 3 is 1.44 bits per heavy atom. The number of thiophene rings is 1. The van der Waals surface area contributed by atoms with Gasteiger partial charge >= 0.3 is 0 Å². The molecule has 0 unspecified atom stereocenters. The predicted molar refractivity (Wildman–Crippen MR) is 291 cm³/mol. The second kappa shape index (κ2) is 14.7. The number of rotatable bonds is 4. The first-order valence-electron chi connectivity index (χ1n) is 24.0. The molecule has 0 atom stereocenters. The van der Waals surface area contributed by atoms with Crippen LogP contribution >= 0.6 is 11.3 Å². The number of hydrogen-bond acceptors (Lipinski definition) is 6. The molecule has 342 valence electrons. The number of anilines is 6. The van der Waals surface area contributed by atoms with E-state index in [4.69, 9.17) is 0 Å². The lowest BCUT2D eigenvalue weighted by Crippen LogP contribution is -2.30. The molecule has 0 amide bonds. The summed E-state index contributed by atoms with van der Waals surface area (Å²) in [6, 6.07) is 67.0. The summed E-state index contributed by atoms with van der Waals surface area (Å²) in [5, 5.41) is 5.32. The number of aromatic nitrogens is 1. The molecule has 0 radical (unpaired) electrons. The highest BCUT2D eigenvalue weighted by atomic mass is 32.2. The lowest BCUT2D eigenvalue weighted by atomic mass is 9.73. The topological polar surface area (TPSA) is 62.6 Å². The van der Waals surface area contributed by atoms with Gasteiger partial charge in [0.1, 0.15) is 0 Å². The zero-order valence-electron chi connectivity index (χ0n) is 39.4. The SMILES string of the molecule is CC1(C)c2ccccc2N(c2ccc3c(c2)c2cc(N4c5ccccc5C(C)(C)c5ccccc54)ccc2n3-c2c(-c3ccc4c(c3)S(=O)(=O)c3ccccc3C4=O)ccc3sccc23)c2ccccc21. The van der Waals surface area contributed by atoms with Crippen LogP contribution in [0.15, 0.2) is 209 Å². The van der Waals surface area contributed by atoms with Crippen LogP contribution in [0.4, 0.5) is 34.1 Å². The van der Waals surface area contributed by atoms with Crippen molar-refractivity contribution in [2.75, 3.05) is 9.80 Å². The fourth-order valence-electron chi connectivity index (χ4n) is 12.2. The van der Waals surface area contributed by atoms with Crippen LogP contribution < -0.4 is 9.80 Å². The van der Waals surface area contributed by atoms with E-state index in [1.165, 1.54) is 28.3 Å². The average Bonchev–Trinajstić information content (AvgIpc) is 4.01. The number of ketones is 1. The fraction of sp³-hybridized carbons (Fsp3) is 0.0952. The van der Waals surface area contributed by atoms with E-state index >= 15 is 0 Å². The summed E-state index contributed by atoms with van der Waals surface area (Å²) < 4.78 is 32.3. The molecule has 0 saturated carbocycles. The number of sulfone groups is 1. The van der Waals surface area contributed by atoms with E-state index in [0.29, 0.717) is 5.56 Å². The van der Waals surface area contributed by atoms with E-state index < -0.39 is 9.84 Å². The van der Waals surface area contributed by atoms with E-state index in [0.717, 1.165) is 77.3 Å². The van der Waals surface area contributed by atoms with Crippen molar-refractivity contribution in [2.45, 2.75) is 48.3 Å². The molecular formula is C63H45N3O3S2. The van der Waals surface area contributed by atoms with Gasteiger partial charge in [0.2, 0.25) is 9.84 Å². The third-order valence-corrected chi connectivity index (χ3v) is 18.3. The Balaban J connectivity index is 1.05. The molecule has 8 heteroatoms. The first-order valence-corrected chi connectivity index (χ1v) is 26.4. The summed E-state index contributed by atoms with van der Waals surface area (Å²) in [6.07, 6.45) is 0. The van der Waals surface area contributed by atoms with Crippen LogP contribution in [0.2, 0.25) is 0 Å². The number of nitrogens with zero attached hydrogens (tertiary/aromatic N) is 3. The molecule has 2 aromatic heterocycles. The number of hydrogen-bond donors (Lipinski definition) is 0. The molecule has 14 rings (SSSR count). The summed E-state index contributed by atoms with van der Waals surface area (Å²) in [4.78, 5) is 18.8. The molecule has 5 heterocycles. The van der Waals surface area contributed by atoms with Crippen molar-refractivity contribution in [2.24, 2.45) is 0 Å². The van der Waals surface area contributed by atoms with Gasteiger partial charge in [-0.1, -0.05) is 125 Å². The van der Waals surface area contributed by atoms with Crippen LogP contribution in [-0.4, -0.2) is 18.8 Å². The van der Waals surface area contributed by atoms with Crippen LogP contribution in [0.25, 0.3) is 48.7 Å². The Kier molecular flexibility index (Phi) is 8.70. The maximum absolute atomic E-state index is 14.4. The van der Waals surface area contributed by atoms with Gasteiger partial charge in [0.05, 0.1) is 49.3 Å². The highest BCUT2D eigenvalue weighted by molar-refractivity contribution is 7.91. The molecule has 3 aliphatic rings. The van der Waals surface area contributed by atoms with Crippen LogP contribution in [0.5, 0.6) is 0 Å². The van der Waals surface area contributed by atoms with Crippen molar-refractivity contribution in [3.63, 3.8) is 0 Å². The molecule has 6 nitrogen and oxygen atoms in total. The quantitative estimate of drug-likeness (QED) is 0.176. The van der Waals surface area contributed by atoms with E-state index in [9.17, 15) is 13.2 Å². The van der Waals surface area contributed by atoms with Crippen molar-refractivity contribution in [1.82, 2.24) is 4.57 Å². The van der Waals surface area contributed by atoms with Gasteiger partial charge in [-0.25, -0.2) is 8.42 Å². The van der Waals surface area contributed by atoms with Gasteiger partial charge in [-0.3, -0.25) is 4.79 Å². The largest absolute Gasteiger partial charge is 0.310 e. The van der Waals surface area contributed by atoms with Gasteiger partial charge in [-0.05, 0) is 130 Å². The number of para-hydroxylation sites is 4. The molecule has 3 aliphatic heterocycles. The van der Waals surface area contributed by atoms with Crippen LogP contribution in [0.1, 0.15) is 65.9 Å². The van der Waals surface area contributed by atoms with Crippen LogP contribution in [0.3, 0.4) is 0 Å². The van der Waals surface area contributed by atoms with E-state index in [-0.39, 0.29) is 37.5 Å². The number of fused-ring (bicyclic) bond motifs is 10. The smallest absolute Gasteiger partial charge is 0.208 e. The summed E-state index contributed by atoms with van der Waals surface area (Å²) >= 11 is 1.68. The number of carbonyl (C=O) groups excluding carboxylic acids is 1. The zero-order valence-corrected chi connectivity index (χ0v) is 41.1. The molecule has 0 fully saturated rings. The Bertz CT molecular complexity index is 3990. The van der Waals surface area contributed by atoms with Crippen molar-refractivity contribution in [3.05, 3.63) is 233 Å². The first-order chi connectivity index (χ1) is 34.4. The van der Waals surface area contributed by atoms with Crippen molar-refractivity contribution >= 4 is 93.0 Å². The van der Waals surface area contributed by atoms with Gasteiger partial charge < -0.3 is 14.4 Å². The third kappa shape index (κ3) is 5.74. The highest BCUT2D eigenvalue weighted by Gasteiger charge is 2.39. The zero-order chi connectivity index (χ0) is 48.1. The number of benzene rings is 9. The third-order valence-electron chi connectivity index (χ3n) is 15.6. The van der Waals surface area contributed by atoms with E-state index in [1.807, 2.05) is 6.07 Å². The molecular weight excluding hydrogens is 911 g/mol.